The molecule has 0 saturated heterocycles. The Bertz CT molecular complexity index is 1010. The number of fused-ring (bicyclic) bond motifs is 1. The van der Waals surface area contributed by atoms with Crippen molar-refractivity contribution in [1.82, 2.24) is 5.32 Å². The number of benzene rings is 3. The summed E-state index contributed by atoms with van der Waals surface area (Å²) in [5, 5.41) is 8.16. The average molecular weight is 405 g/mol. The van der Waals surface area contributed by atoms with E-state index in [1.165, 1.54) is 5.56 Å². The summed E-state index contributed by atoms with van der Waals surface area (Å²) in [5.74, 6) is -0.167. The highest BCUT2D eigenvalue weighted by atomic mass is 16.2. The summed E-state index contributed by atoms with van der Waals surface area (Å²) in [4.78, 5) is 25.9. The summed E-state index contributed by atoms with van der Waals surface area (Å²) in [5.41, 5.74) is 3.09. The molecule has 3 aromatic rings. The molecular weight excluding hydrogens is 374 g/mol. The van der Waals surface area contributed by atoms with Crippen LogP contribution >= 0.6 is 0 Å². The average Bonchev–Trinajstić information content (AvgIpc) is 2.73. The summed E-state index contributed by atoms with van der Waals surface area (Å²) in [6, 6.07) is 22.0. The van der Waals surface area contributed by atoms with Crippen molar-refractivity contribution in [2.75, 3.05) is 25.5 Å². The lowest BCUT2D eigenvalue weighted by atomic mass is 10.0. The Morgan fingerprint density at radius 1 is 0.900 bits per heavy atom. The molecular formula is C25H30N3O2+. The number of anilines is 1. The molecule has 2 amide bonds. The predicted octanol–water partition coefficient (Wildman–Crippen LogP) is 2.87. The first-order valence-electron chi connectivity index (χ1n) is 10.4. The summed E-state index contributed by atoms with van der Waals surface area (Å²) < 4.78 is 0. The molecule has 2 atom stereocenters. The first kappa shape index (κ1) is 21.5. The van der Waals surface area contributed by atoms with Gasteiger partial charge >= 0.3 is 0 Å². The Morgan fingerprint density at radius 3 is 2.30 bits per heavy atom. The SMILES string of the molecule is CC[C@@H](NC(=O)C[NH+](C)CC(=O)Nc1cccc2ccccc12)c1ccc(C)cc1. The summed E-state index contributed by atoms with van der Waals surface area (Å²) in [6.07, 6.45) is 0.815. The number of hydrogen-bond donors (Lipinski definition) is 3. The minimum absolute atomic E-state index is 0.0181. The Morgan fingerprint density at radius 2 is 1.57 bits per heavy atom. The number of aryl methyl sites for hydroxylation is 1. The standard InChI is InChI=1S/C25H29N3O2/c1-4-22(20-14-12-18(2)13-15-20)26-24(29)16-28(3)17-25(30)27-23-11-7-9-19-8-5-6-10-21(19)23/h5-15,22H,4,16-17H2,1-3H3,(H,26,29)(H,27,30)/p+1/t22-/m1/s1. The topological polar surface area (TPSA) is 62.6 Å². The highest BCUT2D eigenvalue weighted by Gasteiger charge is 2.18. The molecule has 5 heteroatoms. The number of carbonyl (C=O) groups is 2. The maximum atomic E-state index is 12.5. The zero-order chi connectivity index (χ0) is 21.5. The molecule has 30 heavy (non-hydrogen) atoms. The lowest BCUT2D eigenvalue weighted by molar-refractivity contribution is -0.862. The number of amides is 2. The van der Waals surface area contributed by atoms with Crippen molar-refractivity contribution >= 4 is 28.3 Å². The van der Waals surface area contributed by atoms with Gasteiger partial charge in [-0.1, -0.05) is 73.2 Å². The van der Waals surface area contributed by atoms with E-state index in [9.17, 15) is 9.59 Å². The maximum absolute atomic E-state index is 12.5. The van der Waals surface area contributed by atoms with Crippen molar-refractivity contribution in [2.45, 2.75) is 26.3 Å². The molecule has 0 aromatic heterocycles. The molecule has 156 valence electrons. The molecule has 0 spiro atoms. The van der Waals surface area contributed by atoms with Crippen LogP contribution in [0.3, 0.4) is 0 Å². The summed E-state index contributed by atoms with van der Waals surface area (Å²) in [7, 11) is 1.86. The summed E-state index contributed by atoms with van der Waals surface area (Å²) >= 11 is 0. The molecule has 0 fully saturated rings. The fourth-order valence-electron chi connectivity index (χ4n) is 3.60. The Balaban J connectivity index is 1.53. The van der Waals surface area contributed by atoms with Gasteiger partial charge in [0.2, 0.25) is 0 Å². The van der Waals surface area contributed by atoms with E-state index in [-0.39, 0.29) is 30.9 Å². The van der Waals surface area contributed by atoms with E-state index in [4.69, 9.17) is 0 Å². The third kappa shape index (κ3) is 5.67. The van der Waals surface area contributed by atoms with Crippen LogP contribution in [-0.4, -0.2) is 32.0 Å². The van der Waals surface area contributed by atoms with Crippen molar-refractivity contribution in [2.24, 2.45) is 0 Å². The zero-order valence-electron chi connectivity index (χ0n) is 17.9. The van der Waals surface area contributed by atoms with E-state index in [0.717, 1.165) is 33.3 Å². The molecule has 0 radical (unpaired) electrons. The van der Waals surface area contributed by atoms with Crippen LogP contribution in [0.1, 0.15) is 30.5 Å². The van der Waals surface area contributed by atoms with Crippen molar-refractivity contribution in [3.63, 3.8) is 0 Å². The molecule has 0 aliphatic rings. The second-order valence-electron chi connectivity index (χ2n) is 7.82. The van der Waals surface area contributed by atoms with Crippen LogP contribution in [0.25, 0.3) is 10.8 Å². The van der Waals surface area contributed by atoms with Gasteiger partial charge in [0.1, 0.15) is 0 Å². The van der Waals surface area contributed by atoms with Gasteiger partial charge in [-0.05, 0) is 30.4 Å². The van der Waals surface area contributed by atoms with Crippen LogP contribution in [0.15, 0.2) is 66.7 Å². The molecule has 3 N–H and O–H groups in total. The Kier molecular flexibility index (Phi) is 7.20. The minimum Gasteiger partial charge on any atom is -0.344 e. The molecule has 3 rings (SSSR count). The third-order valence-electron chi connectivity index (χ3n) is 5.21. The van der Waals surface area contributed by atoms with Gasteiger partial charge in [0.15, 0.2) is 13.1 Å². The predicted molar refractivity (Wildman–Crippen MR) is 122 cm³/mol. The second-order valence-corrected chi connectivity index (χ2v) is 7.82. The smallest absolute Gasteiger partial charge is 0.279 e. The van der Waals surface area contributed by atoms with Crippen molar-refractivity contribution in [1.29, 1.82) is 0 Å². The van der Waals surface area contributed by atoms with E-state index in [1.54, 1.807) is 0 Å². The lowest BCUT2D eigenvalue weighted by Crippen LogP contribution is -3.11. The zero-order valence-corrected chi connectivity index (χ0v) is 17.9. The third-order valence-corrected chi connectivity index (χ3v) is 5.21. The largest absolute Gasteiger partial charge is 0.344 e. The number of carbonyl (C=O) groups excluding carboxylic acids is 2. The van der Waals surface area contributed by atoms with Crippen LogP contribution in [0, 0.1) is 6.92 Å². The maximum Gasteiger partial charge on any atom is 0.279 e. The van der Waals surface area contributed by atoms with E-state index in [2.05, 4.69) is 41.8 Å². The normalized spacial score (nSPS) is 12.9. The number of hydrogen-bond acceptors (Lipinski definition) is 2. The van der Waals surface area contributed by atoms with Crippen LogP contribution in [0.2, 0.25) is 0 Å². The van der Waals surface area contributed by atoms with Crippen molar-refractivity contribution in [3.8, 4) is 0 Å². The highest BCUT2D eigenvalue weighted by molar-refractivity contribution is 6.02. The van der Waals surface area contributed by atoms with Crippen LogP contribution in [0.4, 0.5) is 5.69 Å². The lowest BCUT2D eigenvalue weighted by Gasteiger charge is -2.19. The number of quaternary nitrogens is 1. The van der Waals surface area contributed by atoms with E-state index in [1.807, 2.05) is 56.4 Å². The molecule has 0 aliphatic heterocycles. The fraction of sp³-hybridized carbons (Fsp3) is 0.280. The van der Waals surface area contributed by atoms with Crippen LogP contribution in [-0.2, 0) is 9.59 Å². The van der Waals surface area contributed by atoms with Gasteiger partial charge in [-0.3, -0.25) is 9.59 Å². The molecule has 0 aliphatic carbocycles. The van der Waals surface area contributed by atoms with Gasteiger partial charge in [-0.15, -0.1) is 0 Å². The van der Waals surface area contributed by atoms with E-state index in [0.29, 0.717) is 0 Å². The van der Waals surface area contributed by atoms with Crippen LogP contribution < -0.4 is 15.5 Å². The molecule has 1 unspecified atom stereocenters. The van der Waals surface area contributed by atoms with E-state index >= 15 is 0 Å². The fourth-order valence-corrected chi connectivity index (χ4v) is 3.60. The van der Waals surface area contributed by atoms with Gasteiger partial charge in [0.25, 0.3) is 11.8 Å². The number of likely N-dealkylation sites (N-methyl/N-ethyl adjacent to an activating group) is 1. The molecule has 0 saturated carbocycles. The highest BCUT2D eigenvalue weighted by Crippen LogP contribution is 2.22. The molecule has 5 nitrogen and oxygen atoms in total. The second kappa shape index (κ2) is 10.0. The molecule has 0 heterocycles. The number of nitrogens with one attached hydrogen (secondary N) is 3. The monoisotopic (exact) mass is 404 g/mol. The number of rotatable bonds is 8. The van der Waals surface area contributed by atoms with Gasteiger partial charge in [0, 0.05) is 11.1 Å². The first-order chi connectivity index (χ1) is 14.5. The van der Waals surface area contributed by atoms with Gasteiger partial charge in [-0.2, -0.15) is 0 Å². The van der Waals surface area contributed by atoms with Gasteiger partial charge in [-0.25, -0.2) is 0 Å². The quantitative estimate of drug-likeness (QED) is 0.541. The van der Waals surface area contributed by atoms with Crippen molar-refractivity contribution < 1.29 is 14.5 Å². The van der Waals surface area contributed by atoms with E-state index < -0.39 is 0 Å². The Hall–Kier alpha value is -3.18. The minimum atomic E-state index is -0.109. The summed E-state index contributed by atoms with van der Waals surface area (Å²) in [6.45, 7) is 4.56. The van der Waals surface area contributed by atoms with Gasteiger partial charge in [0.05, 0.1) is 13.1 Å². The van der Waals surface area contributed by atoms with Gasteiger partial charge < -0.3 is 15.5 Å². The van der Waals surface area contributed by atoms with Crippen molar-refractivity contribution in [3.05, 3.63) is 77.9 Å². The molecule has 0 bridgehead atoms. The first-order valence-corrected chi connectivity index (χ1v) is 10.4. The Labute approximate surface area is 178 Å². The molecule has 3 aromatic carbocycles. The van der Waals surface area contributed by atoms with Crippen LogP contribution in [0.5, 0.6) is 0 Å².